The molecule has 0 spiro atoms. The molecular formula is C36H40O6. The first-order valence-electron chi connectivity index (χ1n) is 14.4. The first-order chi connectivity index (χ1) is 20.2. The predicted octanol–water partition coefficient (Wildman–Crippen LogP) is 8.05. The fraction of sp³-hybridized carbons (Fsp3) is 0.333. The average molecular weight is 569 g/mol. The van der Waals surface area contributed by atoms with E-state index in [1.54, 1.807) is 0 Å². The Hall–Kier alpha value is -4.00. The first-order valence-corrected chi connectivity index (χ1v) is 14.4. The van der Waals surface area contributed by atoms with E-state index in [4.69, 9.17) is 28.4 Å². The van der Waals surface area contributed by atoms with Gasteiger partial charge in [0.2, 0.25) is 0 Å². The van der Waals surface area contributed by atoms with Gasteiger partial charge in [-0.2, -0.15) is 0 Å². The van der Waals surface area contributed by atoms with Crippen LogP contribution in [0.4, 0.5) is 0 Å². The van der Waals surface area contributed by atoms with Crippen LogP contribution in [0.15, 0.2) is 71.9 Å². The molecule has 0 bridgehead atoms. The van der Waals surface area contributed by atoms with Gasteiger partial charge in [0.25, 0.3) is 0 Å². The van der Waals surface area contributed by atoms with E-state index >= 15 is 0 Å². The van der Waals surface area contributed by atoms with E-state index in [1.807, 2.05) is 75.4 Å². The van der Waals surface area contributed by atoms with Crippen molar-refractivity contribution in [3.8, 4) is 17.2 Å². The molecule has 2 fully saturated rings. The maximum Gasteiger partial charge on any atom is 0.127 e. The zero-order chi connectivity index (χ0) is 29.6. The van der Waals surface area contributed by atoms with Gasteiger partial charge < -0.3 is 28.4 Å². The van der Waals surface area contributed by atoms with Crippen LogP contribution in [0, 0.1) is 20.8 Å². The second kappa shape index (κ2) is 13.3. The molecule has 42 heavy (non-hydrogen) atoms. The molecule has 2 aliphatic heterocycles. The van der Waals surface area contributed by atoms with Gasteiger partial charge in [0.15, 0.2) is 0 Å². The SMILES string of the molecule is C/C(=C\c1cc(O/C(C)=C/c2cc(O/C(C)=C/c3cc(OCC4CO4)ccc3C)ccc2C)ccc1C)OCC1CO1. The van der Waals surface area contributed by atoms with Crippen molar-refractivity contribution < 1.29 is 28.4 Å². The van der Waals surface area contributed by atoms with Crippen LogP contribution in [0.2, 0.25) is 0 Å². The molecule has 3 aromatic carbocycles. The lowest BCUT2D eigenvalue weighted by atomic mass is 10.1. The highest BCUT2D eigenvalue weighted by Crippen LogP contribution is 2.27. The Morgan fingerprint density at radius 3 is 1.50 bits per heavy atom. The molecule has 2 aliphatic rings. The number of benzene rings is 3. The summed E-state index contributed by atoms with van der Waals surface area (Å²) in [6.07, 6.45) is 6.57. The van der Waals surface area contributed by atoms with Gasteiger partial charge in [-0.25, -0.2) is 0 Å². The van der Waals surface area contributed by atoms with Crippen LogP contribution in [-0.2, 0) is 14.2 Å². The highest BCUT2D eigenvalue weighted by molar-refractivity contribution is 5.61. The summed E-state index contributed by atoms with van der Waals surface area (Å²) in [5.41, 5.74) is 6.59. The Morgan fingerprint density at radius 2 is 1.02 bits per heavy atom. The largest absolute Gasteiger partial charge is 0.495 e. The molecule has 6 nitrogen and oxygen atoms in total. The Bertz CT molecular complexity index is 1510. The Kier molecular flexibility index (Phi) is 9.35. The second-order valence-electron chi connectivity index (χ2n) is 11.1. The molecule has 5 rings (SSSR count). The zero-order valence-electron chi connectivity index (χ0n) is 25.4. The second-order valence-corrected chi connectivity index (χ2v) is 11.1. The number of allylic oxidation sites excluding steroid dienone is 3. The monoisotopic (exact) mass is 568 g/mol. The van der Waals surface area contributed by atoms with Gasteiger partial charge in [-0.1, -0.05) is 18.2 Å². The quantitative estimate of drug-likeness (QED) is 0.154. The van der Waals surface area contributed by atoms with E-state index in [0.717, 1.165) is 81.1 Å². The topological polar surface area (TPSA) is 62.0 Å². The van der Waals surface area contributed by atoms with Crippen molar-refractivity contribution >= 4 is 18.2 Å². The highest BCUT2D eigenvalue weighted by atomic mass is 16.6. The number of hydrogen-bond donors (Lipinski definition) is 0. The maximum atomic E-state index is 6.23. The molecule has 6 heteroatoms. The predicted molar refractivity (Wildman–Crippen MR) is 167 cm³/mol. The molecule has 2 atom stereocenters. The fourth-order valence-electron chi connectivity index (χ4n) is 4.41. The third-order valence-electron chi connectivity index (χ3n) is 7.12. The molecule has 0 aromatic heterocycles. The number of epoxide rings is 2. The highest BCUT2D eigenvalue weighted by Gasteiger charge is 2.23. The van der Waals surface area contributed by atoms with Gasteiger partial charge in [0.05, 0.1) is 19.0 Å². The van der Waals surface area contributed by atoms with Gasteiger partial charge in [0.1, 0.15) is 54.2 Å². The van der Waals surface area contributed by atoms with E-state index in [9.17, 15) is 0 Å². The van der Waals surface area contributed by atoms with E-state index < -0.39 is 0 Å². The van der Waals surface area contributed by atoms with Crippen LogP contribution in [0.25, 0.3) is 18.2 Å². The van der Waals surface area contributed by atoms with Crippen molar-refractivity contribution in [2.45, 2.75) is 53.8 Å². The van der Waals surface area contributed by atoms with Crippen molar-refractivity contribution in [3.05, 3.63) is 105 Å². The van der Waals surface area contributed by atoms with Crippen LogP contribution in [0.1, 0.15) is 54.2 Å². The van der Waals surface area contributed by atoms with Crippen molar-refractivity contribution in [1.29, 1.82) is 0 Å². The Balaban J connectivity index is 1.25. The van der Waals surface area contributed by atoms with E-state index in [0.29, 0.717) is 13.2 Å². The molecule has 0 aliphatic carbocycles. The lowest BCUT2D eigenvalue weighted by Gasteiger charge is -2.12. The normalized spacial score (nSPS) is 18.5. The third kappa shape index (κ3) is 8.75. The first kappa shape index (κ1) is 29.5. The summed E-state index contributed by atoms with van der Waals surface area (Å²) < 4.78 is 34.6. The standard InChI is InChI=1S/C36H40O6/c1-23-7-10-32(38-20-36-22-40-36)16-30(23)14-27(5)41-34-12-9-25(3)31(18-34)15-28(6)42-33-11-8-24(2)29(17-33)13-26(4)37-19-35-21-39-35/h7-18,35-36H,19-22H2,1-6H3/b26-13+,27-14+,28-15+. The van der Waals surface area contributed by atoms with Gasteiger partial charge in [-0.15, -0.1) is 0 Å². The van der Waals surface area contributed by atoms with Crippen LogP contribution in [0.5, 0.6) is 17.2 Å². The lowest BCUT2D eigenvalue weighted by Crippen LogP contribution is -2.04. The molecule has 3 aromatic rings. The number of aryl methyl sites for hydroxylation is 3. The van der Waals surface area contributed by atoms with Crippen LogP contribution < -0.4 is 14.2 Å². The minimum atomic E-state index is 0.225. The molecule has 2 unspecified atom stereocenters. The van der Waals surface area contributed by atoms with Crippen molar-refractivity contribution in [3.63, 3.8) is 0 Å². The minimum Gasteiger partial charge on any atom is -0.495 e. The van der Waals surface area contributed by atoms with Crippen molar-refractivity contribution in [2.24, 2.45) is 0 Å². The van der Waals surface area contributed by atoms with Gasteiger partial charge in [-0.3, -0.25) is 0 Å². The number of ether oxygens (including phenoxy) is 6. The third-order valence-corrected chi connectivity index (χ3v) is 7.12. The van der Waals surface area contributed by atoms with Gasteiger partial charge >= 0.3 is 0 Å². The van der Waals surface area contributed by atoms with Crippen LogP contribution in [0.3, 0.4) is 0 Å². The summed E-state index contributed by atoms with van der Waals surface area (Å²) in [5, 5.41) is 0. The summed E-state index contributed by atoms with van der Waals surface area (Å²) in [7, 11) is 0. The molecule has 0 radical (unpaired) electrons. The zero-order valence-corrected chi connectivity index (χ0v) is 25.4. The Labute approximate surface area is 249 Å². The molecule has 0 saturated carbocycles. The smallest absolute Gasteiger partial charge is 0.127 e. The lowest BCUT2D eigenvalue weighted by molar-refractivity contribution is 0.187. The molecule has 220 valence electrons. The summed E-state index contributed by atoms with van der Waals surface area (Å²) in [6, 6.07) is 18.3. The van der Waals surface area contributed by atoms with Crippen LogP contribution >= 0.6 is 0 Å². The van der Waals surface area contributed by atoms with Gasteiger partial charge in [-0.05, 0) is 130 Å². The molecule has 2 heterocycles. The van der Waals surface area contributed by atoms with E-state index in [1.165, 1.54) is 0 Å². The number of hydrogen-bond acceptors (Lipinski definition) is 6. The summed E-state index contributed by atoms with van der Waals surface area (Å²) >= 11 is 0. The van der Waals surface area contributed by atoms with Crippen LogP contribution in [-0.4, -0.2) is 38.6 Å². The van der Waals surface area contributed by atoms with E-state index in [-0.39, 0.29) is 12.2 Å². The average Bonchev–Trinajstić information content (AvgIpc) is 3.87. The molecule has 0 N–H and O–H groups in total. The fourth-order valence-corrected chi connectivity index (χ4v) is 4.41. The van der Waals surface area contributed by atoms with Gasteiger partial charge in [0, 0.05) is 0 Å². The minimum absolute atomic E-state index is 0.225. The molecule has 0 amide bonds. The molecular weight excluding hydrogens is 528 g/mol. The maximum absolute atomic E-state index is 6.23. The molecule has 2 saturated heterocycles. The number of rotatable bonds is 13. The summed E-state index contributed by atoms with van der Waals surface area (Å²) in [5.74, 6) is 4.79. The van der Waals surface area contributed by atoms with Crippen molar-refractivity contribution in [2.75, 3.05) is 26.4 Å². The van der Waals surface area contributed by atoms with E-state index in [2.05, 4.69) is 39.0 Å². The summed E-state index contributed by atoms with van der Waals surface area (Å²) in [4.78, 5) is 0. The Morgan fingerprint density at radius 1 is 0.619 bits per heavy atom. The van der Waals surface area contributed by atoms with Crippen molar-refractivity contribution in [1.82, 2.24) is 0 Å². The summed E-state index contributed by atoms with van der Waals surface area (Å²) in [6.45, 7) is 14.9.